The summed E-state index contributed by atoms with van der Waals surface area (Å²) in [6.45, 7) is 0. The normalized spacial score (nSPS) is 14.2. The van der Waals surface area contributed by atoms with E-state index in [2.05, 4.69) is 52.3 Å². The quantitative estimate of drug-likeness (QED) is 0.655. The summed E-state index contributed by atoms with van der Waals surface area (Å²) in [5, 5.41) is 0.0424. The minimum Gasteiger partial charge on any atom is -0.118 e. The zero-order valence-corrected chi connectivity index (χ0v) is 11.7. The third-order valence-electron chi connectivity index (χ3n) is 2.74. The summed E-state index contributed by atoms with van der Waals surface area (Å²) in [5.41, 5.74) is 2.45. The molecule has 2 atom stereocenters. The van der Waals surface area contributed by atoms with Crippen LogP contribution in [0.2, 0.25) is 0 Å². The highest BCUT2D eigenvalue weighted by Gasteiger charge is 2.14. The standard InChI is InChI=1S/C15H14BrCl/c16-14(12-7-3-1-4-8-12)11-15(17)13-9-5-2-6-10-13/h1-10,14-15H,11H2. The fourth-order valence-corrected chi connectivity index (χ4v) is 3.00. The number of alkyl halides is 2. The molecule has 17 heavy (non-hydrogen) atoms. The van der Waals surface area contributed by atoms with Gasteiger partial charge in [-0.05, 0) is 17.5 Å². The Morgan fingerprint density at radius 2 is 1.29 bits per heavy atom. The van der Waals surface area contributed by atoms with Gasteiger partial charge < -0.3 is 0 Å². The minimum atomic E-state index is 0.0424. The topological polar surface area (TPSA) is 0 Å². The first-order valence-electron chi connectivity index (χ1n) is 5.65. The van der Waals surface area contributed by atoms with E-state index in [1.165, 1.54) is 11.1 Å². The largest absolute Gasteiger partial charge is 0.118 e. The maximum Gasteiger partial charge on any atom is 0.0599 e. The summed E-state index contributed by atoms with van der Waals surface area (Å²) in [6.07, 6.45) is 0.885. The summed E-state index contributed by atoms with van der Waals surface area (Å²) < 4.78 is 0. The lowest BCUT2D eigenvalue weighted by Gasteiger charge is -2.15. The molecule has 0 N–H and O–H groups in total. The monoisotopic (exact) mass is 308 g/mol. The Bertz CT molecular complexity index is 397. The summed E-state index contributed by atoms with van der Waals surface area (Å²) >= 11 is 10.1. The Morgan fingerprint density at radius 1 is 0.824 bits per heavy atom. The lowest BCUT2D eigenvalue weighted by atomic mass is 10.0. The average molecular weight is 310 g/mol. The number of benzene rings is 2. The smallest absolute Gasteiger partial charge is 0.0599 e. The first kappa shape index (κ1) is 12.7. The van der Waals surface area contributed by atoms with Crippen LogP contribution < -0.4 is 0 Å². The predicted octanol–water partition coefficient (Wildman–Crippen LogP) is 5.49. The summed E-state index contributed by atoms with van der Waals surface area (Å²) in [6, 6.07) is 20.6. The molecular formula is C15H14BrCl. The van der Waals surface area contributed by atoms with Gasteiger partial charge in [-0.25, -0.2) is 0 Å². The maximum absolute atomic E-state index is 6.42. The molecule has 2 rings (SSSR count). The van der Waals surface area contributed by atoms with Crippen LogP contribution in [-0.4, -0.2) is 0 Å². The van der Waals surface area contributed by atoms with E-state index in [1.807, 2.05) is 24.3 Å². The van der Waals surface area contributed by atoms with Gasteiger partial charge in [0.05, 0.1) is 5.38 Å². The Balaban J connectivity index is 2.02. The number of hydrogen-bond donors (Lipinski definition) is 0. The molecule has 0 saturated heterocycles. The van der Waals surface area contributed by atoms with Crippen molar-refractivity contribution in [1.29, 1.82) is 0 Å². The molecule has 0 nitrogen and oxygen atoms in total. The van der Waals surface area contributed by atoms with Crippen molar-refractivity contribution < 1.29 is 0 Å². The summed E-state index contributed by atoms with van der Waals surface area (Å²) in [7, 11) is 0. The molecule has 2 heteroatoms. The molecule has 0 heterocycles. The first-order chi connectivity index (χ1) is 8.27. The second kappa shape index (κ2) is 6.23. The molecule has 0 aliphatic rings. The fourth-order valence-electron chi connectivity index (χ4n) is 1.78. The first-order valence-corrected chi connectivity index (χ1v) is 7.00. The van der Waals surface area contributed by atoms with Crippen molar-refractivity contribution in [2.75, 3.05) is 0 Å². The van der Waals surface area contributed by atoms with Crippen molar-refractivity contribution in [3.8, 4) is 0 Å². The Labute approximate surface area is 116 Å². The van der Waals surface area contributed by atoms with E-state index in [9.17, 15) is 0 Å². The third-order valence-corrected chi connectivity index (χ3v) is 4.07. The Morgan fingerprint density at radius 3 is 1.82 bits per heavy atom. The van der Waals surface area contributed by atoms with Crippen LogP contribution in [0.1, 0.15) is 27.8 Å². The van der Waals surface area contributed by atoms with Crippen molar-refractivity contribution in [3.05, 3.63) is 71.8 Å². The highest BCUT2D eigenvalue weighted by atomic mass is 79.9. The molecule has 0 aliphatic carbocycles. The average Bonchev–Trinajstić information content (AvgIpc) is 2.40. The van der Waals surface area contributed by atoms with Gasteiger partial charge in [-0.15, -0.1) is 11.6 Å². The molecular weight excluding hydrogens is 296 g/mol. The van der Waals surface area contributed by atoms with Crippen LogP contribution >= 0.6 is 27.5 Å². The lowest BCUT2D eigenvalue weighted by Crippen LogP contribution is -1.96. The molecule has 0 aliphatic heterocycles. The van der Waals surface area contributed by atoms with Crippen molar-refractivity contribution >= 4 is 27.5 Å². The van der Waals surface area contributed by atoms with E-state index in [4.69, 9.17) is 11.6 Å². The van der Waals surface area contributed by atoms with Crippen LogP contribution in [-0.2, 0) is 0 Å². The van der Waals surface area contributed by atoms with Gasteiger partial charge in [0, 0.05) is 4.83 Å². The van der Waals surface area contributed by atoms with E-state index in [1.54, 1.807) is 0 Å². The van der Waals surface area contributed by atoms with Gasteiger partial charge in [-0.1, -0.05) is 76.6 Å². The van der Waals surface area contributed by atoms with Gasteiger partial charge in [0.15, 0.2) is 0 Å². The highest BCUT2D eigenvalue weighted by molar-refractivity contribution is 9.09. The molecule has 0 bridgehead atoms. The molecule has 2 aromatic carbocycles. The second-order valence-corrected chi connectivity index (χ2v) is 5.62. The van der Waals surface area contributed by atoms with Crippen molar-refractivity contribution in [3.63, 3.8) is 0 Å². The highest BCUT2D eigenvalue weighted by Crippen LogP contribution is 2.36. The molecule has 0 fully saturated rings. The van der Waals surface area contributed by atoms with Gasteiger partial charge in [0.25, 0.3) is 0 Å². The molecule has 2 aromatic rings. The van der Waals surface area contributed by atoms with Gasteiger partial charge in [-0.3, -0.25) is 0 Å². The summed E-state index contributed by atoms with van der Waals surface area (Å²) in [5.74, 6) is 0. The Kier molecular flexibility index (Phi) is 4.64. The Hall–Kier alpha value is -0.790. The van der Waals surface area contributed by atoms with E-state index in [-0.39, 0.29) is 5.38 Å². The zero-order valence-electron chi connectivity index (χ0n) is 9.39. The number of halogens is 2. The van der Waals surface area contributed by atoms with Crippen LogP contribution in [0.25, 0.3) is 0 Å². The van der Waals surface area contributed by atoms with E-state index >= 15 is 0 Å². The lowest BCUT2D eigenvalue weighted by molar-refractivity contribution is 0.787. The van der Waals surface area contributed by atoms with Gasteiger partial charge >= 0.3 is 0 Å². The third kappa shape index (κ3) is 3.58. The molecule has 0 saturated carbocycles. The molecule has 88 valence electrons. The van der Waals surface area contributed by atoms with E-state index in [0.29, 0.717) is 4.83 Å². The zero-order chi connectivity index (χ0) is 12.1. The van der Waals surface area contributed by atoms with Gasteiger partial charge in [0.2, 0.25) is 0 Å². The van der Waals surface area contributed by atoms with E-state index < -0.39 is 0 Å². The van der Waals surface area contributed by atoms with Crippen LogP contribution in [0.4, 0.5) is 0 Å². The van der Waals surface area contributed by atoms with E-state index in [0.717, 1.165) is 6.42 Å². The maximum atomic E-state index is 6.42. The minimum absolute atomic E-state index is 0.0424. The predicted molar refractivity (Wildman–Crippen MR) is 77.8 cm³/mol. The molecule has 0 amide bonds. The van der Waals surface area contributed by atoms with Gasteiger partial charge in [0.1, 0.15) is 0 Å². The van der Waals surface area contributed by atoms with Crippen LogP contribution in [0.3, 0.4) is 0 Å². The SMILES string of the molecule is ClC(CC(Br)c1ccccc1)c1ccccc1. The number of rotatable bonds is 4. The number of hydrogen-bond acceptors (Lipinski definition) is 0. The van der Waals surface area contributed by atoms with Crippen molar-refractivity contribution in [2.24, 2.45) is 0 Å². The molecule has 0 aromatic heterocycles. The van der Waals surface area contributed by atoms with Gasteiger partial charge in [-0.2, -0.15) is 0 Å². The summed E-state index contributed by atoms with van der Waals surface area (Å²) in [4.78, 5) is 0.298. The molecule has 0 radical (unpaired) electrons. The van der Waals surface area contributed by atoms with Crippen molar-refractivity contribution in [2.45, 2.75) is 16.6 Å². The van der Waals surface area contributed by atoms with Crippen LogP contribution in [0.5, 0.6) is 0 Å². The van der Waals surface area contributed by atoms with Crippen molar-refractivity contribution in [1.82, 2.24) is 0 Å². The van der Waals surface area contributed by atoms with Crippen LogP contribution in [0.15, 0.2) is 60.7 Å². The second-order valence-electron chi connectivity index (χ2n) is 3.99. The molecule has 2 unspecified atom stereocenters. The van der Waals surface area contributed by atoms with Crippen LogP contribution in [0, 0.1) is 0 Å². The fraction of sp³-hybridized carbons (Fsp3) is 0.200. The molecule has 0 spiro atoms.